The van der Waals surface area contributed by atoms with Crippen molar-refractivity contribution in [3.05, 3.63) is 28.7 Å². The Balaban J connectivity index is 1.36. The lowest BCUT2D eigenvalue weighted by Gasteiger charge is -2.37. The SMILES string of the molecule is COC(=O)N1CCN(C(=O)[C@H]2CC[C@H](Cn3c(=O)n(C)c4ccc(OC)cc43)CC2)CC1. The number of nitrogens with zero attached hydrogens (tertiary/aromatic N) is 4. The van der Waals surface area contributed by atoms with E-state index in [-0.39, 0.29) is 23.6 Å². The molecule has 2 aromatic rings. The third kappa shape index (κ3) is 4.20. The van der Waals surface area contributed by atoms with Crippen molar-refractivity contribution < 1.29 is 19.1 Å². The predicted molar refractivity (Wildman–Crippen MR) is 120 cm³/mol. The summed E-state index contributed by atoms with van der Waals surface area (Å²) >= 11 is 0. The number of hydrogen-bond acceptors (Lipinski definition) is 5. The molecule has 1 saturated heterocycles. The largest absolute Gasteiger partial charge is 0.497 e. The smallest absolute Gasteiger partial charge is 0.409 e. The fourth-order valence-electron chi connectivity index (χ4n) is 5.04. The third-order valence-electron chi connectivity index (χ3n) is 7.01. The summed E-state index contributed by atoms with van der Waals surface area (Å²) < 4.78 is 13.6. The fourth-order valence-corrected chi connectivity index (χ4v) is 5.04. The summed E-state index contributed by atoms with van der Waals surface area (Å²) in [5.41, 5.74) is 1.76. The zero-order chi connectivity index (χ0) is 22.8. The molecule has 1 aromatic heterocycles. The van der Waals surface area contributed by atoms with Crippen LogP contribution in [0, 0.1) is 11.8 Å². The Morgan fingerprint density at radius 1 is 0.969 bits per heavy atom. The molecule has 2 fully saturated rings. The van der Waals surface area contributed by atoms with Gasteiger partial charge in [0.25, 0.3) is 0 Å². The highest BCUT2D eigenvalue weighted by Gasteiger charge is 2.32. The van der Waals surface area contributed by atoms with E-state index in [9.17, 15) is 14.4 Å². The van der Waals surface area contributed by atoms with Gasteiger partial charge in [-0.3, -0.25) is 13.9 Å². The van der Waals surface area contributed by atoms with E-state index in [1.807, 2.05) is 27.7 Å². The number of rotatable bonds is 4. The molecule has 1 saturated carbocycles. The first-order chi connectivity index (χ1) is 15.4. The summed E-state index contributed by atoms with van der Waals surface area (Å²) in [7, 11) is 4.80. The molecule has 0 radical (unpaired) electrons. The molecule has 1 aromatic carbocycles. The van der Waals surface area contributed by atoms with Crippen LogP contribution in [0.3, 0.4) is 0 Å². The highest BCUT2D eigenvalue weighted by atomic mass is 16.5. The van der Waals surface area contributed by atoms with E-state index < -0.39 is 0 Å². The molecule has 2 aliphatic rings. The van der Waals surface area contributed by atoms with Crippen LogP contribution in [0.5, 0.6) is 5.75 Å². The molecule has 0 unspecified atom stereocenters. The van der Waals surface area contributed by atoms with Crippen molar-refractivity contribution in [3.63, 3.8) is 0 Å². The van der Waals surface area contributed by atoms with E-state index in [4.69, 9.17) is 9.47 Å². The van der Waals surface area contributed by atoms with Gasteiger partial charge in [0.1, 0.15) is 5.75 Å². The van der Waals surface area contributed by atoms with E-state index in [1.165, 1.54) is 7.11 Å². The minimum absolute atomic E-state index is 0.0186. The maximum Gasteiger partial charge on any atom is 0.409 e. The van der Waals surface area contributed by atoms with Crippen LogP contribution in [0.4, 0.5) is 4.79 Å². The van der Waals surface area contributed by atoms with Crippen molar-refractivity contribution in [2.24, 2.45) is 18.9 Å². The second kappa shape index (κ2) is 9.26. The zero-order valence-electron chi connectivity index (χ0n) is 19.1. The number of aryl methyl sites for hydroxylation is 1. The second-order valence-electron chi connectivity index (χ2n) is 8.81. The van der Waals surface area contributed by atoms with Gasteiger partial charge >= 0.3 is 11.8 Å². The summed E-state index contributed by atoms with van der Waals surface area (Å²) in [4.78, 5) is 41.0. The van der Waals surface area contributed by atoms with Crippen molar-refractivity contribution >= 4 is 23.0 Å². The number of hydrogen-bond donors (Lipinski definition) is 0. The van der Waals surface area contributed by atoms with Gasteiger partial charge in [0.15, 0.2) is 0 Å². The average molecular weight is 445 g/mol. The second-order valence-corrected chi connectivity index (χ2v) is 8.81. The van der Waals surface area contributed by atoms with Crippen LogP contribution in [0.1, 0.15) is 25.7 Å². The number of ether oxygens (including phenoxy) is 2. The zero-order valence-corrected chi connectivity index (χ0v) is 19.1. The maximum absolute atomic E-state index is 13.0. The molecule has 174 valence electrons. The van der Waals surface area contributed by atoms with Gasteiger partial charge in [0, 0.05) is 51.8 Å². The highest BCUT2D eigenvalue weighted by molar-refractivity contribution is 5.79. The number of methoxy groups -OCH3 is 2. The summed E-state index contributed by atoms with van der Waals surface area (Å²) in [6.45, 7) is 2.80. The van der Waals surface area contributed by atoms with Crippen LogP contribution in [-0.4, -0.2) is 71.3 Å². The molecular weight excluding hydrogens is 412 g/mol. The number of piperazine rings is 1. The number of aromatic nitrogens is 2. The molecule has 1 aliphatic carbocycles. The number of carbonyl (C=O) groups excluding carboxylic acids is 2. The number of fused-ring (bicyclic) bond motifs is 1. The van der Waals surface area contributed by atoms with Gasteiger partial charge in [-0.1, -0.05) is 0 Å². The van der Waals surface area contributed by atoms with E-state index in [2.05, 4.69) is 0 Å². The Morgan fingerprint density at radius 3 is 2.25 bits per heavy atom. The van der Waals surface area contributed by atoms with Gasteiger partial charge in [-0.25, -0.2) is 9.59 Å². The van der Waals surface area contributed by atoms with Crippen LogP contribution < -0.4 is 10.4 Å². The molecule has 2 amide bonds. The normalized spacial score (nSPS) is 21.6. The lowest BCUT2D eigenvalue weighted by molar-refractivity contribution is -0.138. The number of carbonyl (C=O) groups is 2. The number of amides is 2. The minimum Gasteiger partial charge on any atom is -0.497 e. The van der Waals surface area contributed by atoms with Crippen LogP contribution in [0.25, 0.3) is 11.0 Å². The van der Waals surface area contributed by atoms with Crippen LogP contribution >= 0.6 is 0 Å². The molecule has 0 N–H and O–H groups in total. The first kappa shape index (κ1) is 22.2. The molecule has 1 aliphatic heterocycles. The van der Waals surface area contributed by atoms with E-state index in [1.54, 1.807) is 23.6 Å². The van der Waals surface area contributed by atoms with Gasteiger partial charge in [-0.05, 0) is 43.7 Å². The molecule has 4 rings (SSSR count). The first-order valence-corrected chi connectivity index (χ1v) is 11.3. The molecule has 0 bridgehead atoms. The fraction of sp³-hybridized carbons (Fsp3) is 0.609. The molecule has 32 heavy (non-hydrogen) atoms. The third-order valence-corrected chi connectivity index (χ3v) is 7.01. The Hall–Kier alpha value is -2.97. The number of benzene rings is 1. The number of imidazole rings is 1. The van der Waals surface area contributed by atoms with Gasteiger partial charge < -0.3 is 19.3 Å². The molecule has 9 nitrogen and oxygen atoms in total. The van der Waals surface area contributed by atoms with Crippen molar-refractivity contribution in [1.82, 2.24) is 18.9 Å². The standard InChI is InChI=1S/C23H32N4O5/c1-24-19-9-8-18(31-2)14-20(19)27(22(24)29)15-16-4-6-17(7-5-16)21(28)25-10-12-26(13-11-25)23(30)32-3/h8-9,14,16-17H,4-7,10-13,15H2,1-3H3/t16-,17-. The Labute approximate surface area is 187 Å². The highest BCUT2D eigenvalue weighted by Crippen LogP contribution is 2.32. The monoisotopic (exact) mass is 444 g/mol. The van der Waals surface area contributed by atoms with Gasteiger partial charge in [0.05, 0.1) is 25.3 Å². The quantitative estimate of drug-likeness (QED) is 0.721. The molecule has 0 spiro atoms. The lowest BCUT2D eigenvalue weighted by Crippen LogP contribution is -2.52. The predicted octanol–water partition coefficient (Wildman–Crippen LogP) is 2.07. The van der Waals surface area contributed by atoms with E-state index >= 15 is 0 Å². The van der Waals surface area contributed by atoms with Crippen molar-refractivity contribution in [3.8, 4) is 5.75 Å². The Bertz CT molecular complexity index is 1040. The van der Waals surface area contributed by atoms with E-state index in [0.717, 1.165) is 42.5 Å². The topological polar surface area (TPSA) is 86.0 Å². The van der Waals surface area contributed by atoms with Gasteiger partial charge in [0.2, 0.25) is 5.91 Å². The van der Waals surface area contributed by atoms with Crippen LogP contribution in [-0.2, 0) is 23.1 Å². The minimum atomic E-state index is -0.334. The summed E-state index contributed by atoms with van der Waals surface area (Å²) in [6, 6.07) is 5.70. The van der Waals surface area contributed by atoms with Crippen LogP contribution in [0.15, 0.2) is 23.0 Å². The first-order valence-electron chi connectivity index (χ1n) is 11.3. The van der Waals surface area contributed by atoms with Crippen LogP contribution in [0.2, 0.25) is 0 Å². The van der Waals surface area contributed by atoms with E-state index in [0.29, 0.717) is 38.6 Å². The molecule has 0 atom stereocenters. The summed E-state index contributed by atoms with van der Waals surface area (Å²) in [6.07, 6.45) is 3.18. The lowest BCUT2D eigenvalue weighted by atomic mass is 9.81. The van der Waals surface area contributed by atoms with Crippen molar-refractivity contribution in [2.75, 3.05) is 40.4 Å². The van der Waals surface area contributed by atoms with Gasteiger partial charge in [-0.2, -0.15) is 0 Å². The molecule has 9 heteroatoms. The van der Waals surface area contributed by atoms with Gasteiger partial charge in [-0.15, -0.1) is 0 Å². The molecular formula is C23H32N4O5. The Morgan fingerprint density at radius 2 is 1.62 bits per heavy atom. The average Bonchev–Trinajstić information content (AvgIpc) is 3.07. The van der Waals surface area contributed by atoms with Crippen molar-refractivity contribution in [1.29, 1.82) is 0 Å². The Kier molecular flexibility index (Phi) is 6.43. The summed E-state index contributed by atoms with van der Waals surface area (Å²) in [5.74, 6) is 1.32. The maximum atomic E-state index is 13.0. The molecule has 2 heterocycles. The summed E-state index contributed by atoms with van der Waals surface area (Å²) in [5, 5.41) is 0. The van der Waals surface area contributed by atoms with Crippen molar-refractivity contribution in [2.45, 2.75) is 32.2 Å².